The van der Waals surface area contributed by atoms with Gasteiger partial charge >= 0.3 is 5.97 Å². The number of carbonyl (C=O) groups is 1. The highest BCUT2D eigenvalue weighted by Gasteiger charge is 2.20. The Labute approximate surface area is 164 Å². The number of carbonyl (C=O) groups excluding carboxylic acids is 1. The van der Waals surface area contributed by atoms with E-state index < -0.39 is 5.97 Å². The Balaban J connectivity index is 1.51. The topological polar surface area (TPSA) is 91.8 Å². The highest BCUT2D eigenvalue weighted by atomic mass is 32.2. The molecule has 0 atom stereocenters. The van der Waals surface area contributed by atoms with Gasteiger partial charge in [-0.15, -0.1) is 0 Å². The van der Waals surface area contributed by atoms with E-state index in [9.17, 15) is 4.79 Å². The maximum Gasteiger partial charge on any atom is 0.359 e. The van der Waals surface area contributed by atoms with Gasteiger partial charge in [-0.05, 0) is 30.5 Å². The van der Waals surface area contributed by atoms with E-state index in [1.165, 1.54) is 11.8 Å². The molecule has 3 heterocycles. The van der Waals surface area contributed by atoms with Crippen molar-refractivity contribution in [1.82, 2.24) is 19.5 Å². The molecule has 8 nitrogen and oxygen atoms in total. The number of pyridine rings is 1. The summed E-state index contributed by atoms with van der Waals surface area (Å²) in [6, 6.07) is 12.9. The van der Waals surface area contributed by atoms with Gasteiger partial charge in [-0.3, -0.25) is 4.40 Å². The molecule has 0 fully saturated rings. The van der Waals surface area contributed by atoms with E-state index in [2.05, 4.69) is 15.1 Å². The molecule has 0 unspecified atom stereocenters. The maximum absolute atomic E-state index is 12.5. The summed E-state index contributed by atoms with van der Waals surface area (Å²) in [5.74, 6) is 0.616. The van der Waals surface area contributed by atoms with Crippen LogP contribution < -0.4 is 4.74 Å². The first-order valence-corrected chi connectivity index (χ1v) is 9.58. The summed E-state index contributed by atoms with van der Waals surface area (Å²) >= 11 is 1.45. The van der Waals surface area contributed by atoms with Gasteiger partial charge in [0.25, 0.3) is 5.89 Å². The average molecular weight is 396 g/mol. The van der Waals surface area contributed by atoms with Gasteiger partial charge < -0.3 is 14.0 Å². The minimum absolute atomic E-state index is 0.151. The minimum Gasteiger partial charge on any atom is -0.496 e. The van der Waals surface area contributed by atoms with Crippen molar-refractivity contribution in [2.24, 2.45) is 0 Å². The van der Waals surface area contributed by atoms with E-state index in [0.29, 0.717) is 27.8 Å². The third-order valence-corrected chi connectivity index (χ3v) is 4.69. The number of hydrogen-bond donors (Lipinski definition) is 0. The molecule has 142 valence electrons. The van der Waals surface area contributed by atoms with Gasteiger partial charge in [0, 0.05) is 6.20 Å². The predicted molar refractivity (Wildman–Crippen MR) is 102 cm³/mol. The number of imidazole rings is 1. The van der Waals surface area contributed by atoms with Crippen LogP contribution >= 0.6 is 11.8 Å². The van der Waals surface area contributed by atoms with Crippen molar-refractivity contribution in [3.63, 3.8) is 0 Å². The van der Waals surface area contributed by atoms with E-state index in [1.54, 1.807) is 13.2 Å². The molecule has 0 radical (unpaired) electrons. The molecule has 0 aliphatic carbocycles. The smallest absolute Gasteiger partial charge is 0.359 e. The lowest BCUT2D eigenvalue weighted by Crippen LogP contribution is -2.06. The van der Waals surface area contributed by atoms with Crippen LogP contribution in [0.2, 0.25) is 0 Å². The van der Waals surface area contributed by atoms with Crippen LogP contribution in [0.3, 0.4) is 0 Å². The lowest BCUT2D eigenvalue weighted by molar-refractivity contribution is 0.0425. The Morgan fingerprint density at radius 3 is 2.82 bits per heavy atom. The number of hydrogen-bond acceptors (Lipinski definition) is 8. The molecule has 4 rings (SSSR count). The van der Waals surface area contributed by atoms with E-state index in [-0.39, 0.29) is 18.2 Å². The van der Waals surface area contributed by atoms with Gasteiger partial charge in [0.05, 0.1) is 18.2 Å². The number of thioether (sulfide) groups is 1. The zero-order valence-electron chi connectivity index (χ0n) is 15.2. The molecule has 0 N–H and O–H groups in total. The number of ether oxygens (including phenoxy) is 2. The molecule has 1 aromatic carbocycles. The van der Waals surface area contributed by atoms with Crippen LogP contribution in [0.25, 0.3) is 16.9 Å². The van der Waals surface area contributed by atoms with Crippen LogP contribution in [0, 0.1) is 0 Å². The summed E-state index contributed by atoms with van der Waals surface area (Å²) in [5, 5.41) is 4.64. The second-order valence-corrected chi connectivity index (χ2v) is 6.46. The van der Waals surface area contributed by atoms with Gasteiger partial charge in [-0.2, -0.15) is 4.98 Å². The third kappa shape index (κ3) is 3.31. The molecule has 9 heteroatoms. The molecular formula is C19H16N4O4S. The van der Waals surface area contributed by atoms with Crippen LogP contribution in [0.4, 0.5) is 0 Å². The Morgan fingerprint density at radius 2 is 2.00 bits per heavy atom. The zero-order valence-corrected chi connectivity index (χ0v) is 16.0. The number of fused-ring (bicyclic) bond motifs is 1. The van der Waals surface area contributed by atoms with Crippen LogP contribution in [0.5, 0.6) is 5.75 Å². The van der Waals surface area contributed by atoms with Gasteiger partial charge in [-0.1, -0.05) is 35.1 Å². The van der Waals surface area contributed by atoms with Crippen LogP contribution in [-0.4, -0.2) is 38.9 Å². The number of esters is 1. The normalized spacial score (nSPS) is 10.9. The molecule has 3 aromatic heterocycles. The molecule has 28 heavy (non-hydrogen) atoms. The lowest BCUT2D eigenvalue weighted by atomic mass is 10.2. The van der Waals surface area contributed by atoms with Crippen molar-refractivity contribution in [1.29, 1.82) is 0 Å². The van der Waals surface area contributed by atoms with Gasteiger partial charge in [0.1, 0.15) is 5.75 Å². The molecule has 0 aliphatic heterocycles. The van der Waals surface area contributed by atoms with Gasteiger partial charge in [0.2, 0.25) is 5.82 Å². The number of aromatic nitrogens is 4. The summed E-state index contributed by atoms with van der Waals surface area (Å²) < 4.78 is 17.7. The number of benzene rings is 1. The van der Waals surface area contributed by atoms with E-state index in [4.69, 9.17) is 14.0 Å². The van der Waals surface area contributed by atoms with Crippen molar-refractivity contribution in [2.45, 2.75) is 11.8 Å². The Kier molecular flexibility index (Phi) is 4.98. The summed E-state index contributed by atoms with van der Waals surface area (Å²) in [6.45, 7) is -0.151. The molecule has 0 amide bonds. The summed E-state index contributed by atoms with van der Waals surface area (Å²) in [7, 11) is 1.57. The number of para-hydroxylation sites is 1. The fourth-order valence-electron chi connectivity index (χ4n) is 2.75. The maximum atomic E-state index is 12.5. The first kappa shape index (κ1) is 18.1. The fourth-order valence-corrected chi connectivity index (χ4v) is 3.29. The molecule has 0 saturated carbocycles. The van der Waals surface area contributed by atoms with Gasteiger partial charge in [0.15, 0.2) is 17.5 Å². The SMILES string of the molecule is COc1ccccc1-c1noc(COC(=O)c2nc(SC)n3ccccc23)n1. The number of methoxy groups -OCH3 is 1. The van der Waals surface area contributed by atoms with Crippen molar-refractivity contribution in [2.75, 3.05) is 13.4 Å². The Hall–Kier alpha value is -3.33. The highest BCUT2D eigenvalue weighted by molar-refractivity contribution is 7.98. The molecule has 0 bridgehead atoms. The average Bonchev–Trinajstić information content (AvgIpc) is 3.36. The second-order valence-electron chi connectivity index (χ2n) is 5.69. The van der Waals surface area contributed by atoms with Crippen molar-refractivity contribution in [3.05, 3.63) is 60.2 Å². The summed E-state index contributed by atoms with van der Waals surface area (Å²) in [4.78, 5) is 21.2. The van der Waals surface area contributed by atoms with Crippen molar-refractivity contribution >= 4 is 23.2 Å². The first-order valence-electron chi connectivity index (χ1n) is 8.35. The lowest BCUT2D eigenvalue weighted by Gasteiger charge is -2.03. The Bertz CT molecular complexity index is 1140. The molecular weight excluding hydrogens is 380 g/mol. The number of rotatable bonds is 6. The highest BCUT2D eigenvalue weighted by Crippen LogP contribution is 2.27. The summed E-state index contributed by atoms with van der Waals surface area (Å²) in [5.41, 5.74) is 1.61. The van der Waals surface area contributed by atoms with E-state index >= 15 is 0 Å². The largest absolute Gasteiger partial charge is 0.496 e. The van der Waals surface area contributed by atoms with Gasteiger partial charge in [-0.25, -0.2) is 9.78 Å². The predicted octanol–water partition coefficient (Wildman–Crippen LogP) is 3.47. The number of nitrogens with zero attached hydrogens (tertiary/aromatic N) is 4. The van der Waals surface area contributed by atoms with Crippen molar-refractivity contribution < 1.29 is 18.8 Å². The van der Waals surface area contributed by atoms with E-state index in [1.807, 2.05) is 53.3 Å². The van der Waals surface area contributed by atoms with E-state index in [0.717, 1.165) is 0 Å². The Morgan fingerprint density at radius 1 is 1.18 bits per heavy atom. The van der Waals surface area contributed by atoms with Crippen molar-refractivity contribution in [3.8, 4) is 17.1 Å². The van der Waals surface area contributed by atoms with Crippen LogP contribution in [0.15, 0.2) is 58.3 Å². The molecule has 4 aromatic rings. The third-order valence-electron chi connectivity index (χ3n) is 4.03. The second kappa shape index (κ2) is 7.73. The minimum atomic E-state index is -0.555. The molecule has 0 saturated heterocycles. The monoisotopic (exact) mass is 396 g/mol. The fraction of sp³-hybridized carbons (Fsp3) is 0.158. The first-order chi connectivity index (χ1) is 13.7. The molecule has 0 aliphatic rings. The quantitative estimate of drug-likeness (QED) is 0.361. The summed E-state index contributed by atoms with van der Waals surface area (Å²) in [6.07, 6.45) is 3.75. The van der Waals surface area contributed by atoms with Crippen LogP contribution in [-0.2, 0) is 11.3 Å². The van der Waals surface area contributed by atoms with Crippen LogP contribution in [0.1, 0.15) is 16.4 Å². The zero-order chi connectivity index (χ0) is 19.5. The molecule has 0 spiro atoms. The standard InChI is InChI=1S/C19H16N4O4S/c1-25-14-9-4-3-7-12(14)17-20-15(27-22-17)11-26-18(24)16-13-8-5-6-10-23(13)19(21-16)28-2/h3-10H,11H2,1-2H3.